The van der Waals surface area contributed by atoms with Gasteiger partial charge in [-0.25, -0.2) is 0 Å². The van der Waals surface area contributed by atoms with Gasteiger partial charge in [0.05, 0.1) is 11.7 Å². The molecule has 0 radical (unpaired) electrons. The van der Waals surface area contributed by atoms with Crippen LogP contribution in [0.4, 0.5) is 0 Å². The van der Waals surface area contributed by atoms with E-state index >= 15 is 0 Å². The molecule has 0 amide bonds. The Balaban J connectivity index is 1.65. The Kier molecular flexibility index (Phi) is 4.97. The van der Waals surface area contributed by atoms with Crippen molar-refractivity contribution in [2.24, 2.45) is 0 Å². The Labute approximate surface area is 133 Å². The summed E-state index contributed by atoms with van der Waals surface area (Å²) in [6.07, 6.45) is 9.33. The normalized spacial score (nSPS) is 32.5. The van der Waals surface area contributed by atoms with Gasteiger partial charge in [0.2, 0.25) is 0 Å². The van der Waals surface area contributed by atoms with Gasteiger partial charge in [0.1, 0.15) is 0 Å². The molecule has 1 saturated heterocycles. The van der Waals surface area contributed by atoms with Crippen LogP contribution in [0.2, 0.25) is 0 Å². The second-order valence-corrected chi connectivity index (χ2v) is 6.47. The Morgan fingerprint density at radius 1 is 1.23 bits per heavy atom. The van der Waals surface area contributed by atoms with Crippen LogP contribution in [0.25, 0.3) is 6.08 Å². The molecule has 1 aliphatic heterocycles. The maximum atomic E-state index is 5.97. The van der Waals surface area contributed by atoms with Crippen LogP contribution in [0, 0.1) is 0 Å². The second-order valence-electron chi connectivity index (χ2n) is 6.47. The van der Waals surface area contributed by atoms with E-state index in [1.54, 1.807) is 0 Å². The van der Waals surface area contributed by atoms with Crippen molar-refractivity contribution in [2.45, 2.75) is 43.4 Å². The van der Waals surface area contributed by atoms with Gasteiger partial charge in [-0.05, 0) is 31.2 Å². The van der Waals surface area contributed by atoms with Crippen molar-refractivity contribution >= 4 is 6.08 Å². The van der Waals surface area contributed by atoms with E-state index < -0.39 is 0 Å². The van der Waals surface area contributed by atoms with Gasteiger partial charge in [-0.1, -0.05) is 42.5 Å². The van der Waals surface area contributed by atoms with Crippen molar-refractivity contribution in [1.29, 1.82) is 0 Å². The van der Waals surface area contributed by atoms with Gasteiger partial charge < -0.3 is 9.47 Å². The van der Waals surface area contributed by atoms with Crippen molar-refractivity contribution in [3.05, 3.63) is 42.0 Å². The maximum Gasteiger partial charge on any atom is 0.0847 e. The lowest BCUT2D eigenvalue weighted by molar-refractivity contribution is -0.0924. The number of methoxy groups -OCH3 is 2. The molecule has 0 N–H and O–H groups in total. The monoisotopic (exact) mass is 301 g/mol. The van der Waals surface area contributed by atoms with E-state index in [1.165, 1.54) is 5.56 Å². The maximum absolute atomic E-state index is 5.97. The lowest BCUT2D eigenvalue weighted by Crippen LogP contribution is -2.51. The standard InChI is InChI=1S/C19H27NO2/c1-21-17-10-11-19(22-2)12-14-20(18(19)15-17)13-6-9-16-7-4-3-5-8-16/h3-9,17-18H,10-15H2,1-2H3/t17-,18-,19+/m0/s1. The van der Waals surface area contributed by atoms with E-state index in [2.05, 4.69) is 47.4 Å². The molecule has 1 heterocycles. The summed E-state index contributed by atoms with van der Waals surface area (Å²) in [7, 11) is 3.71. The van der Waals surface area contributed by atoms with Crippen LogP contribution >= 0.6 is 0 Å². The largest absolute Gasteiger partial charge is 0.381 e. The van der Waals surface area contributed by atoms with E-state index in [0.717, 1.165) is 38.8 Å². The average molecular weight is 301 g/mol. The van der Waals surface area contributed by atoms with Gasteiger partial charge in [-0.2, -0.15) is 0 Å². The summed E-state index contributed by atoms with van der Waals surface area (Å²) >= 11 is 0. The minimum absolute atomic E-state index is 0.0512. The highest BCUT2D eigenvalue weighted by Crippen LogP contribution is 2.42. The number of nitrogens with zero attached hydrogens (tertiary/aromatic N) is 1. The van der Waals surface area contributed by atoms with Crippen molar-refractivity contribution < 1.29 is 9.47 Å². The number of ether oxygens (including phenoxy) is 2. The number of hydrogen-bond acceptors (Lipinski definition) is 3. The predicted molar refractivity (Wildman–Crippen MR) is 89.8 cm³/mol. The highest BCUT2D eigenvalue weighted by Gasteiger charge is 2.50. The van der Waals surface area contributed by atoms with E-state index in [-0.39, 0.29) is 5.60 Å². The first kappa shape index (κ1) is 15.7. The molecule has 120 valence electrons. The molecule has 1 saturated carbocycles. The molecule has 1 aromatic carbocycles. The fraction of sp³-hybridized carbons (Fsp3) is 0.579. The van der Waals surface area contributed by atoms with Gasteiger partial charge in [0.25, 0.3) is 0 Å². The summed E-state index contributed by atoms with van der Waals surface area (Å²) in [5.41, 5.74) is 1.31. The summed E-state index contributed by atoms with van der Waals surface area (Å²) < 4.78 is 11.6. The summed E-state index contributed by atoms with van der Waals surface area (Å²) in [5, 5.41) is 0. The molecular formula is C19H27NO2. The molecule has 2 aliphatic rings. The van der Waals surface area contributed by atoms with Crippen LogP contribution in [0.5, 0.6) is 0 Å². The van der Waals surface area contributed by atoms with Crippen molar-refractivity contribution in [3.8, 4) is 0 Å². The fourth-order valence-corrected chi connectivity index (χ4v) is 4.08. The lowest BCUT2D eigenvalue weighted by Gasteiger charge is -2.43. The second kappa shape index (κ2) is 6.95. The molecule has 0 unspecified atom stereocenters. The van der Waals surface area contributed by atoms with Gasteiger partial charge in [0.15, 0.2) is 0 Å². The molecule has 3 nitrogen and oxygen atoms in total. The quantitative estimate of drug-likeness (QED) is 0.832. The van der Waals surface area contributed by atoms with Crippen LogP contribution in [0.3, 0.4) is 0 Å². The summed E-state index contributed by atoms with van der Waals surface area (Å²) in [6, 6.07) is 11.0. The highest BCUT2D eigenvalue weighted by atomic mass is 16.5. The van der Waals surface area contributed by atoms with Crippen molar-refractivity contribution in [2.75, 3.05) is 27.3 Å². The highest BCUT2D eigenvalue weighted by molar-refractivity contribution is 5.48. The van der Waals surface area contributed by atoms with Crippen LogP contribution < -0.4 is 0 Å². The molecule has 1 aromatic rings. The smallest absolute Gasteiger partial charge is 0.0847 e. The Hall–Kier alpha value is -1.16. The van der Waals surface area contributed by atoms with Gasteiger partial charge in [-0.3, -0.25) is 4.90 Å². The Morgan fingerprint density at radius 2 is 2.05 bits per heavy atom. The van der Waals surface area contributed by atoms with Crippen molar-refractivity contribution in [1.82, 2.24) is 4.90 Å². The molecule has 0 bridgehead atoms. The van der Waals surface area contributed by atoms with Crippen molar-refractivity contribution in [3.63, 3.8) is 0 Å². The fourth-order valence-electron chi connectivity index (χ4n) is 4.08. The lowest BCUT2D eigenvalue weighted by atomic mass is 9.79. The van der Waals surface area contributed by atoms with Gasteiger partial charge in [-0.15, -0.1) is 0 Å². The molecule has 0 spiro atoms. The molecule has 3 rings (SSSR count). The molecule has 3 atom stereocenters. The minimum Gasteiger partial charge on any atom is -0.381 e. The van der Waals surface area contributed by atoms with Crippen LogP contribution in [0.15, 0.2) is 36.4 Å². The molecule has 2 fully saturated rings. The zero-order chi connectivity index (χ0) is 15.4. The molecule has 1 aliphatic carbocycles. The summed E-state index contributed by atoms with van der Waals surface area (Å²) in [5.74, 6) is 0. The van der Waals surface area contributed by atoms with Crippen LogP contribution in [0.1, 0.15) is 31.2 Å². The van der Waals surface area contributed by atoms with Crippen LogP contribution in [-0.4, -0.2) is 50.0 Å². The molecular weight excluding hydrogens is 274 g/mol. The minimum atomic E-state index is 0.0512. The number of hydrogen-bond donors (Lipinski definition) is 0. The molecule has 22 heavy (non-hydrogen) atoms. The van der Waals surface area contributed by atoms with E-state index in [4.69, 9.17) is 9.47 Å². The predicted octanol–water partition coefficient (Wildman–Crippen LogP) is 3.36. The first-order valence-corrected chi connectivity index (χ1v) is 8.31. The number of fused-ring (bicyclic) bond motifs is 1. The van der Waals surface area contributed by atoms with E-state index in [0.29, 0.717) is 12.1 Å². The SMILES string of the molecule is CO[C@H]1CC[C@@]2(OC)CCN(CC=Cc3ccccc3)[C@H]2C1. The summed E-state index contributed by atoms with van der Waals surface area (Å²) in [6.45, 7) is 2.11. The first-order valence-electron chi connectivity index (χ1n) is 8.31. The molecule has 0 aromatic heterocycles. The van der Waals surface area contributed by atoms with E-state index in [1.807, 2.05) is 14.2 Å². The zero-order valence-electron chi connectivity index (χ0n) is 13.7. The Morgan fingerprint density at radius 3 is 2.77 bits per heavy atom. The topological polar surface area (TPSA) is 21.7 Å². The van der Waals surface area contributed by atoms with Gasteiger partial charge in [0, 0.05) is 33.4 Å². The summed E-state index contributed by atoms with van der Waals surface area (Å²) in [4.78, 5) is 2.56. The third-order valence-electron chi connectivity index (χ3n) is 5.44. The van der Waals surface area contributed by atoms with Crippen LogP contribution in [-0.2, 0) is 9.47 Å². The van der Waals surface area contributed by atoms with E-state index in [9.17, 15) is 0 Å². The Bertz CT molecular complexity index is 501. The number of rotatable bonds is 5. The molecule has 3 heteroatoms. The zero-order valence-corrected chi connectivity index (χ0v) is 13.7. The third kappa shape index (κ3) is 3.12. The first-order chi connectivity index (χ1) is 10.8. The third-order valence-corrected chi connectivity index (χ3v) is 5.44. The van der Waals surface area contributed by atoms with Gasteiger partial charge >= 0.3 is 0 Å². The number of likely N-dealkylation sites (tertiary alicyclic amines) is 1. The number of benzene rings is 1. The average Bonchev–Trinajstić information content (AvgIpc) is 2.94.